The predicted molar refractivity (Wildman–Crippen MR) is 58.2 cm³/mol. The van der Waals surface area contributed by atoms with Crippen LogP contribution in [0.3, 0.4) is 0 Å². The fourth-order valence-corrected chi connectivity index (χ4v) is 2.73. The third-order valence-electron chi connectivity index (χ3n) is 3.80. The number of hydrogen-bond donors (Lipinski definition) is 2. The van der Waals surface area contributed by atoms with Crippen molar-refractivity contribution in [2.24, 2.45) is 17.3 Å². The molecule has 2 aliphatic rings. The van der Waals surface area contributed by atoms with Gasteiger partial charge in [-0.2, -0.15) is 5.26 Å². The summed E-state index contributed by atoms with van der Waals surface area (Å²) >= 11 is 0. The van der Waals surface area contributed by atoms with Crippen molar-refractivity contribution < 1.29 is 9.90 Å². The molecule has 0 saturated heterocycles. The molecular weight excluding hydrogens is 204 g/mol. The van der Waals surface area contributed by atoms with E-state index in [0.29, 0.717) is 31.2 Å². The summed E-state index contributed by atoms with van der Waals surface area (Å²) in [6.45, 7) is 2.67. The van der Waals surface area contributed by atoms with Crippen molar-refractivity contribution in [1.82, 2.24) is 5.32 Å². The largest absolute Gasteiger partial charge is 0.393 e. The van der Waals surface area contributed by atoms with Crippen molar-refractivity contribution in [2.75, 3.05) is 6.54 Å². The Balaban J connectivity index is 1.77. The molecule has 2 rings (SSSR count). The molecule has 2 saturated carbocycles. The quantitative estimate of drug-likeness (QED) is 0.742. The first kappa shape index (κ1) is 11.4. The van der Waals surface area contributed by atoms with E-state index in [-0.39, 0.29) is 12.0 Å². The molecule has 4 nitrogen and oxygen atoms in total. The minimum atomic E-state index is -0.762. The van der Waals surface area contributed by atoms with E-state index in [2.05, 4.69) is 18.3 Å². The molecule has 0 unspecified atom stereocenters. The van der Waals surface area contributed by atoms with Crippen molar-refractivity contribution in [3.8, 4) is 6.07 Å². The number of hydrogen-bond acceptors (Lipinski definition) is 3. The van der Waals surface area contributed by atoms with E-state index in [0.717, 1.165) is 12.8 Å². The van der Waals surface area contributed by atoms with Gasteiger partial charge in [-0.15, -0.1) is 0 Å². The SMILES string of the molecule is CC1CC(C#N)(C(=O)NCC2CC(O)C2)C1. The maximum atomic E-state index is 11.9. The number of amides is 1. The van der Waals surface area contributed by atoms with Gasteiger partial charge < -0.3 is 10.4 Å². The van der Waals surface area contributed by atoms with Crippen LogP contribution in [0.4, 0.5) is 0 Å². The monoisotopic (exact) mass is 222 g/mol. The van der Waals surface area contributed by atoms with Crippen LogP contribution in [0.5, 0.6) is 0 Å². The minimum absolute atomic E-state index is 0.116. The van der Waals surface area contributed by atoms with Gasteiger partial charge >= 0.3 is 0 Å². The molecule has 0 heterocycles. The number of aliphatic hydroxyl groups excluding tert-OH is 1. The second kappa shape index (κ2) is 4.06. The van der Waals surface area contributed by atoms with Gasteiger partial charge in [0.15, 0.2) is 0 Å². The molecule has 2 N–H and O–H groups in total. The highest BCUT2D eigenvalue weighted by Gasteiger charge is 2.49. The molecule has 0 atom stereocenters. The molecule has 0 aromatic carbocycles. The van der Waals surface area contributed by atoms with Crippen LogP contribution in [0.1, 0.15) is 32.6 Å². The van der Waals surface area contributed by atoms with Crippen LogP contribution < -0.4 is 5.32 Å². The van der Waals surface area contributed by atoms with Gasteiger partial charge in [0, 0.05) is 6.54 Å². The third-order valence-corrected chi connectivity index (χ3v) is 3.80. The number of nitriles is 1. The molecule has 0 aromatic heterocycles. The number of rotatable bonds is 3. The Morgan fingerprint density at radius 3 is 2.62 bits per heavy atom. The van der Waals surface area contributed by atoms with Gasteiger partial charge in [0.1, 0.15) is 5.41 Å². The Labute approximate surface area is 95.6 Å². The summed E-state index contributed by atoms with van der Waals surface area (Å²) in [6, 6.07) is 2.15. The molecule has 88 valence electrons. The first-order valence-electron chi connectivity index (χ1n) is 5.93. The molecule has 0 radical (unpaired) electrons. The number of nitrogens with zero attached hydrogens (tertiary/aromatic N) is 1. The highest BCUT2D eigenvalue weighted by Crippen LogP contribution is 2.45. The zero-order valence-corrected chi connectivity index (χ0v) is 9.57. The summed E-state index contributed by atoms with van der Waals surface area (Å²) in [7, 11) is 0. The highest BCUT2D eigenvalue weighted by molar-refractivity contribution is 5.86. The first-order valence-corrected chi connectivity index (χ1v) is 5.93. The van der Waals surface area contributed by atoms with Crippen LogP contribution in [0, 0.1) is 28.6 Å². The van der Waals surface area contributed by atoms with Crippen LogP contribution in [-0.2, 0) is 4.79 Å². The average Bonchev–Trinajstić information content (AvgIpc) is 2.17. The molecule has 1 amide bonds. The van der Waals surface area contributed by atoms with E-state index >= 15 is 0 Å². The van der Waals surface area contributed by atoms with Crippen molar-refractivity contribution in [2.45, 2.75) is 38.7 Å². The van der Waals surface area contributed by atoms with Gasteiger partial charge in [-0.25, -0.2) is 0 Å². The van der Waals surface area contributed by atoms with Gasteiger partial charge in [0.25, 0.3) is 0 Å². The lowest BCUT2D eigenvalue weighted by atomic mass is 9.63. The third kappa shape index (κ3) is 1.92. The molecule has 4 heteroatoms. The number of nitrogens with one attached hydrogen (secondary N) is 1. The van der Waals surface area contributed by atoms with E-state index < -0.39 is 5.41 Å². The van der Waals surface area contributed by atoms with Crippen LogP contribution >= 0.6 is 0 Å². The van der Waals surface area contributed by atoms with Gasteiger partial charge in [-0.3, -0.25) is 4.79 Å². The summed E-state index contributed by atoms with van der Waals surface area (Å²) < 4.78 is 0. The van der Waals surface area contributed by atoms with Crippen molar-refractivity contribution in [3.05, 3.63) is 0 Å². The summed E-state index contributed by atoms with van der Waals surface area (Å²) in [5.41, 5.74) is -0.762. The number of aliphatic hydroxyl groups is 1. The normalized spacial score (nSPS) is 41.4. The molecule has 0 bridgehead atoms. The second-order valence-corrected chi connectivity index (χ2v) is 5.41. The van der Waals surface area contributed by atoms with Gasteiger partial charge in [-0.05, 0) is 37.5 Å². The maximum absolute atomic E-state index is 11.9. The molecule has 16 heavy (non-hydrogen) atoms. The van der Waals surface area contributed by atoms with Gasteiger partial charge in [0.2, 0.25) is 5.91 Å². The van der Waals surface area contributed by atoms with Crippen LogP contribution in [0.15, 0.2) is 0 Å². The first-order chi connectivity index (χ1) is 7.55. The smallest absolute Gasteiger partial charge is 0.240 e. The Kier molecular flexibility index (Phi) is 2.90. The van der Waals surface area contributed by atoms with E-state index in [1.165, 1.54) is 0 Å². The fourth-order valence-electron chi connectivity index (χ4n) is 2.73. The summed E-state index contributed by atoms with van der Waals surface area (Å²) in [4.78, 5) is 11.9. The zero-order chi connectivity index (χ0) is 11.8. The van der Waals surface area contributed by atoms with Crippen LogP contribution in [0.2, 0.25) is 0 Å². The van der Waals surface area contributed by atoms with E-state index in [9.17, 15) is 4.79 Å². The summed E-state index contributed by atoms with van der Waals surface area (Å²) in [5, 5.41) is 21.0. The topological polar surface area (TPSA) is 73.1 Å². The lowest BCUT2D eigenvalue weighted by Crippen LogP contribution is -2.50. The van der Waals surface area contributed by atoms with Gasteiger partial charge in [0.05, 0.1) is 12.2 Å². The maximum Gasteiger partial charge on any atom is 0.240 e. The Morgan fingerprint density at radius 2 is 2.19 bits per heavy atom. The standard InChI is InChI=1S/C12H18N2O2/c1-8-4-12(5-8,7-13)11(16)14-6-9-2-10(15)3-9/h8-10,15H,2-6H2,1H3,(H,14,16). The number of carbonyl (C=O) groups is 1. The van der Waals surface area contributed by atoms with Crippen molar-refractivity contribution >= 4 is 5.91 Å². The number of carbonyl (C=O) groups excluding carboxylic acids is 1. The molecule has 2 aliphatic carbocycles. The lowest BCUT2D eigenvalue weighted by molar-refractivity contribution is -0.134. The molecule has 0 spiro atoms. The average molecular weight is 222 g/mol. The Hall–Kier alpha value is -1.08. The van der Waals surface area contributed by atoms with E-state index in [1.807, 2.05) is 0 Å². The molecule has 0 aliphatic heterocycles. The Morgan fingerprint density at radius 1 is 1.56 bits per heavy atom. The summed E-state index contributed by atoms with van der Waals surface area (Å²) in [5.74, 6) is 0.762. The molecular formula is C12H18N2O2. The van der Waals surface area contributed by atoms with Crippen LogP contribution in [0.25, 0.3) is 0 Å². The zero-order valence-electron chi connectivity index (χ0n) is 9.57. The van der Waals surface area contributed by atoms with Crippen molar-refractivity contribution in [3.63, 3.8) is 0 Å². The van der Waals surface area contributed by atoms with Crippen molar-refractivity contribution in [1.29, 1.82) is 5.26 Å². The van der Waals surface area contributed by atoms with Gasteiger partial charge in [-0.1, -0.05) is 6.92 Å². The molecule has 2 fully saturated rings. The van der Waals surface area contributed by atoms with E-state index in [4.69, 9.17) is 10.4 Å². The molecule has 0 aromatic rings. The highest BCUT2D eigenvalue weighted by atomic mass is 16.3. The van der Waals surface area contributed by atoms with Crippen LogP contribution in [-0.4, -0.2) is 23.7 Å². The minimum Gasteiger partial charge on any atom is -0.393 e. The second-order valence-electron chi connectivity index (χ2n) is 5.41. The Bertz CT molecular complexity index is 322. The lowest BCUT2D eigenvalue weighted by Gasteiger charge is -2.40. The fraction of sp³-hybridized carbons (Fsp3) is 0.833. The van der Waals surface area contributed by atoms with E-state index in [1.54, 1.807) is 0 Å². The summed E-state index contributed by atoms with van der Waals surface area (Å²) in [6.07, 6.45) is 2.73. The predicted octanol–water partition coefficient (Wildman–Crippen LogP) is 0.813.